The summed E-state index contributed by atoms with van der Waals surface area (Å²) >= 11 is 0. The van der Waals surface area contributed by atoms with E-state index in [2.05, 4.69) is 5.32 Å². The minimum Gasteiger partial charge on any atom is -0.493 e. The third-order valence-electron chi connectivity index (χ3n) is 3.93. The van der Waals surface area contributed by atoms with Crippen molar-refractivity contribution in [3.05, 3.63) is 36.3 Å². The molecule has 2 aromatic rings. The van der Waals surface area contributed by atoms with Gasteiger partial charge in [0.15, 0.2) is 11.5 Å². The van der Waals surface area contributed by atoms with Gasteiger partial charge in [0.2, 0.25) is 17.6 Å². The predicted molar refractivity (Wildman–Crippen MR) is 99.1 cm³/mol. The van der Waals surface area contributed by atoms with E-state index in [-0.39, 0.29) is 24.8 Å². The third-order valence-corrected chi connectivity index (χ3v) is 3.93. The summed E-state index contributed by atoms with van der Waals surface area (Å²) in [7, 11) is 4.51. The monoisotopic (exact) mass is 376 g/mol. The summed E-state index contributed by atoms with van der Waals surface area (Å²) in [4.78, 5) is 25.6. The number of carbonyl (C=O) groups excluding carboxylic acids is 2. The summed E-state index contributed by atoms with van der Waals surface area (Å²) in [5.74, 6) is 1.61. The van der Waals surface area contributed by atoms with Crippen LogP contribution < -0.4 is 19.5 Å². The lowest BCUT2D eigenvalue weighted by atomic mass is 10.2. The van der Waals surface area contributed by atoms with Crippen molar-refractivity contribution in [1.29, 1.82) is 0 Å². The van der Waals surface area contributed by atoms with Crippen molar-refractivity contribution in [3.63, 3.8) is 0 Å². The van der Waals surface area contributed by atoms with Crippen molar-refractivity contribution >= 4 is 17.5 Å². The van der Waals surface area contributed by atoms with E-state index < -0.39 is 0 Å². The van der Waals surface area contributed by atoms with Gasteiger partial charge in [-0.3, -0.25) is 9.59 Å². The van der Waals surface area contributed by atoms with E-state index in [1.807, 2.05) is 0 Å². The summed E-state index contributed by atoms with van der Waals surface area (Å²) in [5.41, 5.74) is 0.509. The van der Waals surface area contributed by atoms with Crippen molar-refractivity contribution < 1.29 is 28.2 Å². The molecule has 0 spiro atoms. The Morgan fingerprint density at radius 3 is 2.26 bits per heavy atom. The summed E-state index contributed by atoms with van der Waals surface area (Å²) in [6.45, 7) is 2.05. The highest BCUT2D eigenvalue weighted by Gasteiger charge is 2.16. The van der Waals surface area contributed by atoms with Crippen molar-refractivity contribution in [2.24, 2.45) is 0 Å². The van der Waals surface area contributed by atoms with Crippen LogP contribution in [0.1, 0.15) is 19.1 Å². The summed E-state index contributed by atoms with van der Waals surface area (Å²) in [6, 6.07) is 6.83. The highest BCUT2D eigenvalue weighted by atomic mass is 16.5. The molecule has 2 amide bonds. The summed E-state index contributed by atoms with van der Waals surface area (Å²) in [5, 5.41) is 2.78. The fraction of sp³-hybridized carbons (Fsp3) is 0.368. The topological polar surface area (TPSA) is 90.2 Å². The summed E-state index contributed by atoms with van der Waals surface area (Å²) < 4.78 is 21.1. The molecule has 1 aromatic heterocycles. The lowest BCUT2D eigenvalue weighted by Crippen LogP contribution is -2.31. The summed E-state index contributed by atoms with van der Waals surface area (Å²) in [6.07, 6.45) is 1.68. The van der Waals surface area contributed by atoms with Gasteiger partial charge in [0.05, 0.1) is 34.1 Å². The van der Waals surface area contributed by atoms with E-state index in [4.69, 9.17) is 18.6 Å². The smallest absolute Gasteiger partial charge is 0.226 e. The normalized spacial score (nSPS) is 10.2. The lowest BCUT2D eigenvalue weighted by Gasteiger charge is -2.19. The molecule has 8 nitrogen and oxygen atoms in total. The number of benzene rings is 1. The molecule has 146 valence electrons. The van der Waals surface area contributed by atoms with E-state index in [1.165, 1.54) is 28.3 Å². The third kappa shape index (κ3) is 5.40. The molecule has 0 saturated carbocycles. The Morgan fingerprint density at radius 1 is 1.11 bits per heavy atom. The van der Waals surface area contributed by atoms with Crippen molar-refractivity contribution in [2.75, 3.05) is 33.2 Å². The van der Waals surface area contributed by atoms with Crippen LogP contribution in [0.2, 0.25) is 0 Å². The van der Waals surface area contributed by atoms with E-state index in [1.54, 1.807) is 35.4 Å². The molecule has 0 fully saturated rings. The van der Waals surface area contributed by atoms with Gasteiger partial charge in [-0.15, -0.1) is 0 Å². The number of hydrogen-bond acceptors (Lipinski definition) is 6. The molecule has 1 heterocycles. The van der Waals surface area contributed by atoms with Gasteiger partial charge in [0, 0.05) is 37.7 Å². The number of carbonyl (C=O) groups is 2. The maximum absolute atomic E-state index is 12.3. The number of methoxy groups -OCH3 is 3. The highest BCUT2D eigenvalue weighted by Crippen LogP contribution is 2.39. The average Bonchev–Trinajstić information content (AvgIpc) is 3.17. The molecule has 0 radical (unpaired) electrons. The number of ether oxygens (including phenoxy) is 3. The van der Waals surface area contributed by atoms with Crippen LogP contribution in [0.5, 0.6) is 17.2 Å². The second-order valence-corrected chi connectivity index (χ2v) is 5.73. The molecule has 0 aliphatic rings. The molecule has 0 aliphatic carbocycles. The average molecular weight is 376 g/mol. The number of amides is 2. The maximum Gasteiger partial charge on any atom is 0.226 e. The number of nitrogens with zero attached hydrogens (tertiary/aromatic N) is 1. The molecule has 0 unspecified atom stereocenters. The number of hydrogen-bond donors (Lipinski definition) is 1. The number of nitrogens with one attached hydrogen (secondary N) is 1. The number of anilines is 1. The fourth-order valence-corrected chi connectivity index (χ4v) is 2.55. The van der Waals surface area contributed by atoms with Gasteiger partial charge in [-0.2, -0.15) is 0 Å². The van der Waals surface area contributed by atoms with Gasteiger partial charge in [-0.05, 0) is 12.1 Å². The Labute approximate surface area is 158 Å². The Morgan fingerprint density at radius 2 is 1.78 bits per heavy atom. The molecule has 8 heteroatoms. The largest absolute Gasteiger partial charge is 0.493 e. The molecule has 0 atom stereocenters. The van der Waals surface area contributed by atoms with Crippen LogP contribution in [0.15, 0.2) is 34.9 Å². The number of rotatable bonds is 9. The molecule has 2 rings (SSSR count). The van der Waals surface area contributed by atoms with Gasteiger partial charge in [-0.25, -0.2) is 0 Å². The van der Waals surface area contributed by atoms with E-state index >= 15 is 0 Å². The first-order valence-corrected chi connectivity index (χ1v) is 8.36. The van der Waals surface area contributed by atoms with Crippen LogP contribution in [0, 0.1) is 0 Å². The molecule has 27 heavy (non-hydrogen) atoms. The molecule has 0 aliphatic heterocycles. The standard InChI is InChI=1S/C19H24N2O6/c1-13(22)21(12-15-6-5-9-27-15)8-7-18(23)20-14-10-16(24-2)19(26-4)17(11-14)25-3/h5-6,9-11H,7-8,12H2,1-4H3,(H,20,23). The Balaban J connectivity index is 2.01. The Bertz CT molecular complexity index is 748. The predicted octanol–water partition coefficient (Wildman–Crippen LogP) is 2.68. The molecular formula is C19H24N2O6. The quantitative estimate of drug-likeness (QED) is 0.724. The minimum absolute atomic E-state index is 0.132. The van der Waals surface area contributed by atoms with Crippen LogP contribution in [0.4, 0.5) is 5.69 Å². The first kappa shape index (κ1) is 20.2. The fourth-order valence-electron chi connectivity index (χ4n) is 2.55. The molecule has 1 aromatic carbocycles. The van der Waals surface area contributed by atoms with Gasteiger partial charge in [-0.1, -0.05) is 0 Å². The maximum atomic E-state index is 12.3. The second kappa shape index (κ2) is 9.51. The van der Waals surface area contributed by atoms with E-state index in [9.17, 15) is 9.59 Å². The minimum atomic E-state index is -0.241. The molecular weight excluding hydrogens is 352 g/mol. The zero-order chi connectivity index (χ0) is 19.8. The van der Waals surface area contributed by atoms with Gasteiger partial charge in [0.1, 0.15) is 5.76 Å². The second-order valence-electron chi connectivity index (χ2n) is 5.73. The molecule has 1 N–H and O–H groups in total. The first-order valence-electron chi connectivity index (χ1n) is 8.36. The van der Waals surface area contributed by atoms with Gasteiger partial charge in [0.25, 0.3) is 0 Å². The SMILES string of the molecule is COc1cc(NC(=O)CCN(Cc2ccco2)C(C)=O)cc(OC)c1OC. The van der Waals surface area contributed by atoms with Crippen LogP contribution in [-0.2, 0) is 16.1 Å². The Hall–Kier alpha value is -3.16. The zero-order valence-corrected chi connectivity index (χ0v) is 15.9. The van der Waals surface area contributed by atoms with Crippen molar-refractivity contribution in [3.8, 4) is 17.2 Å². The van der Waals surface area contributed by atoms with E-state index in [0.717, 1.165) is 0 Å². The van der Waals surface area contributed by atoms with Crippen LogP contribution in [0.3, 0.4) is 0 Å². The molecule has 0 saturated heterocycles. The lowest BCUT2D eigenvalue weighted by molar-refractivity contribution is -0.130. The van der Waals surface area contributed by atoms with Gasteiger partial charge < -0.3 is 28.8 Å². The van der Waals surface area contributed by atoms with Gasteiger partial charge >= 0.3 is 0 Å². The zero-order valence-electron chi connectivity index (χ0n) is 15.9. The molecule has 0 bridgehead atoms. The van der Waals surface area contributed by atoms with Crippen LogP contribution >= 0.6 is 0 Å². The Kier molecular flexibility index (Phi) is 7.10. The van der Waals surface area contributed by atoms with Crippen molar-refractivity contribution in [1.82, 2.24) is 4.90 Å². The van der Waals surface area contributed by atoms with E-state index in [0.29, 0.717) is 35.2 Å². The van der Waals surface area contributed by atoms with Crippen LogP contribution in [-0.4, -0.2) is 44.6 Å². The number of furan rings is 1. The van der Waals surface area contributed by atoms with Crippen molar-refractivity contribution in [2.45, 2.75) is 19.9 Å². The highest BCUT2D eigenvalue weighted by molar-refractivity contribution is 5.92. The first-order chi connectivity index (χ1) is 13.0. The van der Waals surface area contributed by atoms with Crippen LogP contribution in [0.25, 0.3) is 0 Å².